The van der Waals surface area contributed by atoms with Crippen LogP contribution in [0.25, 0.3) is 11.3 Å². The normalized spacial score (nSPS) is 15.8. The summed E-state index contributed by atoms with van der Waals surface area (Å²) in [6.07, 6.45) is 6.84. The van der Waals surface area contributed by atoms with Gasteiger partial charge in [-0.1, -0.05) is 11.6 Å². The number of carbonyl (C=O) groups excluding carboxylic acids is 1. The minimum absolute atomic E-state index is 0.0329. The number of likely N-dealkylation sites (tertiary alicyclic amines) is 1. The van der Waals surface area contributed by atoms with Crippen LogP contribution in [0.1, 0.15) is 43.1 Å². The van der Waals surface area contributed by atoms with E-state index in [9.17, 15) is 9.90 Å². The van der Waals surface area contributed by atoms with E-state index >= 15 is 0 Å². The molecule has 1 atom stereocenters. The Bertz CT molecular complexity index is 1150. The van der Waals surface area contributed by atoms with E-state index in [0.717, 1.165) is 18.4 Å². The highest BCUT2D eigenvalue weighted by Gasteiger charge is 2.29. The number of anilines is 2. The Labute approximate surface area is 197 Å². The fraction of sp³-hybridized carbons (Fsp3) is 0.391. The van der Waals surface area contributed by atoms with Gasteiger partial charge in [0, 0.05) is 29.9 Å². The zero-order valence-electron chi connectivity index (χ0n) is 18.8. The molecule has 1 aliphatic heterocycles. The number of nitrogens with one attached hydrogen (secondary N) is 1. The fourth-order valence-corrected chi connectivity index (χ4v) is 4.08. The number of benzene rings is 1. The molecular formula is C23H27ClN6O3. The lowest BCUT2D eigenvalue weighted by Gasteiger charge is -2.23. The van der Waals surface area contributed by atoms with Gasteiger partial charge in [0.1, 0.15) is 5.75 Å². The summed E-state index contributed by atoms with van der Waals surface area (Å²) in [5.74, 6) is 0.695. The summed E-state index contributed by atoms with van der Waals surface area (Å²) in [6.45, 7) is 4.69. The first kappa shape index (κ1) is 23.0. The van der Waals surface area contributed by atoms with Gasteiger partial charge in [0.05, 0.1) is 48.6 Å². The number of amides is 1. The smallest absolute Gasteiger partial charge is 0.254 e. The average molecular weight is 471 g/mol. The van der Waals surface area contributed by atoms with Crippen LogP contribution in [0.15, 0.2) is 36.8 Å². The third-order valence-electron chi connectivity index (χ3n) is 5.69. The monoisotopic (exact) mass is 470 g/mol. The van der Waals surface area contributed by atoms with Gasteiger partial charge in [-0.2, -0.15) is 5.10 Å². The molecule has 3 heterocycles. The number of aromatic nitrogens is 4. The lowest BCUT2D eigenvalue weighted by Crippen LogP contribution is -2.37. The first-order valence-corrected chi connectivity index (χ1v) is 11.2. The van der Waals surface area contributed by atoms with E-state index in [4.69, 9.17) is 16.3 Å². The standard InChI is InChI=1S/C23H27ClN6O3/c1-14(2)30-12-16(10-26-30)21-18(24)11-25-23(28-21)27-19-7-6-15(9-20(19)33-3)22(32)29-8-4-5-17(29)13-31/h6-7,9-12,14,17,31H,4-5,8,13H2,1-3H3,(H,25,27,28)/t17-/m0/s1. The van der Waals surface area contributed by atoms with E-state index in [1.807, 2.05) is 24.7 Å². The molecule has 1 aromatic carbocycles. The number of methoxy groups -OCH3 is 1. The number of carbonyl (C=O) groups is 1. The summed E-state index contributed by atoms with van der Waals surface area (Å²) in [5, 5.41) is 17.5. The zero-order chi connectivity index (χ0) is 23.5. The van der Waals surface area contributed by atoms with Crippen LogP contribution in [0.5, 0.6) is 5.75 Å². The van der Waals surface area contributed by atoms with Crippen molar-refractivity contribution < 1.29 is 14.6 Å². The van der Waals surface area contributed by atoms with Gasteiger partial charge in [0.25, 0.3) is 5.91 Å². The summed E-state index contributed by atoms with van der Waals surface area (Å²) >= 11 is 6.35. The number of aliphatic hydroxyl groups excluding tert-OH is 1. The maximum absolute atomic E-state index is 12.9. The van der Waals surface area contributed by atoms with Crippen molar-refractivity contribution in [3.63, 3.8) is 0 Å². The van der Waals surface area contributed by atoms with Gasteiger partial charge in [0.2, 0.25) is 5.95 Å². The highest BCUT2D eigenvalue weighted by Crippen LogP contribution is 2.31. The number of hydrogen-bond acceptors (Lipinski definition) is 7. The quantitative estimate of drug-likeness (QED) is 0.539. The first-order chi connectivity index (χ1) is 15.9. The molecule has 33 heavy (non-hydrogen) atoms. The van der Waals surface area contributed by atoms with Crippen molar-refractivity contribution in [3.8, 4) is 17.0 Å². The number of rotatable bonds is 7. The summed E-state index contributed by atoms with van der Waals surface area (Å²) < 4.78 is 7.35. The maximum atomic E-state index is 12.9. The van der Waals surface area contributed by atoms with Crippen molar-refractivity contribution in [3.05, 3.63) is 47.4 Å². The van der Waals surface area contributed by atoms with Crippen molar-refractivity contribution in [1.82, 2.24) is 24.6 Å². The van der Waals surface area contributed by atoms with Crippen molar-refractivity contribution in [2.45, 2.75) is 38.8 Å². The molecule has 2 N–H and O–H groups in total. The lowest BCUT2D eigenvalue weighted by atomic mass is 10.1. The second-order valence-corrected chi connectivity index (χ2v) is 8.62. The Morgan fingerprint density at radius 3 is 2.88 bits per heavy atom. The van der Waals surface area contributed by atoms with Gasteiger partial charge < -0.3 is 20.1 Å². The largest absolute Gasteiger partial charge is 0.495 e. The number of nitrogens with zero attached hydrogens (tertiary/aromatic N) is 5. The third-order valence-corrected chi connectivity index (χ3v) is 5.97. The van der Waals surface area contributed by atoms with Crippen LogP contribution in [0, 0.1) is 0 Å². The van der Waals surface area contributed by atoms with Crippen LogP contribution in [0.3, 0.4) is 0 Å². The van der Waals surface area contributed by atoms with Crippen LogP contribution < -0.4 is 10.1 Å². The fourth-order valence-electron chi connectivity index (χ4n) is 3.88. The van der Waals surface area contributed by atoms with Gasteiger partial charge in [0.15, 0.2) is 0 Å². The van der Waals surface area contributed by atoms with Gasteiger partial charge >= 0.3 is 0 Å². The Morgan fingerprint density at radius 2 is 2.18 bits per heavy atom. The number of aliphatic hydroxyl groups is 1. The lowest BCUT2D eigenvalue weighted by molar-refractivity contribution is 0.0677. The molecule has 0 spiro atoms. The molecule has 1 fully saturated rings. The molecule has 4 rings (SSSR count). The van der Waals surface area contributed by atoms with Crippen LogP contribution in [0.2, 0.25) is 5.02 Å². The number of halogens is 1. The van der Waals surface area contributed by atoms with E-state index in [1.54, 1.807) is 29.3 Å². The van der Waals surface area contributed by atoms with Crippen molar-refractivity contribution in [1.29, 1.82) is 0 Å². The average Bonchev–Trinajstić information content (AvgIpc) is 3.50. The Morgan fingerprint density at radius 1 is 1.36 bits per heavy atom. The van der Waals surface area contributed by atoms with E-state index in [-0.39, 0.29) is 24.6 Å². The van der Waals surface area contributed by atoms with Gasteiger partial charge in [-0.15, -0.1) is 0 Å². The Hall–Kier alpha value is -3.17. The molecule has 2 aromatic heterocycles. The first-order valence-electron chi connectivity index (χ1n) is 10.8. The topological polar surface area (TPSA) is 105 Å². The van der Waals surface area contributed by atoms with Gasteiger partial charge in [-0.25, -0.2) is 9.97 Å². The summed E-state index contributed by atoms with van der Waals surface area (Å²) in [7, 11) is 1.54. The maximum Gasteiger partial charge on any atom is 0.254 e. The molecule has 0 saturated carbocycles. The van der Waals surface area contributed by atoms with Crippen LogP contribution in [-0.4, -0.2) is 62.0 Å². The molecule has 1 amide bonds. The highest BCUT2D eigenvalue weighted by molar-refractivity contribution is 6.32. The number of hydrogen-bond donors (Lipinski definition) is 2. The zero-order valence-corrected chi connectivity index (χ0v) is 19.6. The molecule has 0 unspecified atom stereocenters. The second-order valence-electron chi connectivity index (χ2n) is 8.21. The minimum atomic E-state index is -0.137. The molecule has 174 valence electrons. The van der Waals surface area contributed by atoms with Crippen molar-refractivity contribution in [2.75, 3.05) is 25.6 Å². The minimum Gasteiger partial charge on any atom is -0.495 e. The Kier molecular flexibility index (Phi) is 6.80. The van der Waals surface area contributed by atoms with E-state index in [2.05, 4.69) is 20.4 Å². The molecule has 9 nitrogen and oxygen atoms in total. The molecule has 1 aliphatic rings. The number of ether oxygens (including phenoxy) is 1. The third kappa shape index (κ3) is 4.79. The van der Waals surface area contributed by atoms with Crippen molar-refractivity contribution >= 4 is 29.1 Å². The summed E-state index contributed by atoms with van der Waals surface area (Å²) in [4.78, 5) is 23.5. The summed E-state index contributed by atoms with van der Waals surface area (Å²) in [5.41, 5.74) is 2.46. The Balaban J connectivity index is 1.58. The molecule has 0 aliphatic carbocycles. The van der Waals surface area contributed by atoms with Crippen molar-refractivity contribution in [2.24, 2.45) is 0 Å². The van der Waals surface area contributed by atoms with E-state index in [0.29, 0.717) is 40.2 Å². The van der Waals surface area contributed by atoms with Crippen LogP contribution in [0.4, 0.5) is 11.6 Å². The molecule has 3 aromatic rings. The van der Waals surface area contributed by atoms with Gasteiger partial charge in [-0.05, 0) is 44.9 Å². The molecule has 0 bridgehead atoms. The predicted molar refractivity (Wildman–Crippen MR) is 126 cm³/mol. The SMILES string of the molecule is COc1cc(C(=O)N2CCC[C@H]2CO)ccc1Nc1ncc(Cl)c(-c2cnn(C(C)C)c2)n1. The van der Waals surface area contributed by atoms with Crippen LogP contribution in [-0.2, 0) is 0 Å². The van der Waals surface area contributed by atoms with Gasteiger partial charge in [-0.3, -0.25) is 9.48 Å². The summed E-state index contributed by atoms with van der Waals surface area (Å²) in [6, 6.07) is 5.24. The molecular weight excluding hydrogens is 444 g/mol. The van der Waals surface area contributed by atoms with Crippen LogP contribution >= 0.6 is 11.6 Å². The highest BCUT2D eigenvalue weighted by atomic mass is 35.5. The second kappa shape index (κ2) is 9.76. The molecule has 0 radical (unpaired) electrons. The van der Waals surface area contributed by atoms with E-state index in [1.165, 1.54) is 13.3 Å². The van der Waals surface area contributed by atoms with E-state index < -0.39 is 0 Å². The molecule has 10 heteroatoms. The predicted octanol–water partition coefficient (Wildman–Crippen LogP) is 3.92. The molecule has 1 saturated heterocycles.